The maximum absolute atomic E-state index is 6.12. The number of nitrogen functional groups attached to an aromatic ring is 1. The second kappa shape index (κ2) is 7.41. The summed E-state index contributed by atoms with van der Waals surface area (Å²) in [7, 11) is 0. The molecule has 1 aliphatic heterocycles. The first-order chi connectivity index (χ1) is 10.3. The van der Waals surface area contributed by atoms with Gasteiger partial charge in [0.15, 0.2) is 0 Å². The van der Waals surface area contributed by atoms with E-state index in [4.69, 9.17) is 10.5 Å². The quantitative estimate of drug-likeness (QED) is 0.865. The van der Waals surface area contributed by atoms with Gasteiger partial charge in [0.1, 0.15) is 5.75 Å². The van der Waals surface area contributed by atoms with E-state index >= 15 is 0 Å². The summed E-state index contributed by atoms with van der Waals surface area (Å²) in [4.78, 5) is 2.41. The highest BCUT2D eigenvalue weighted by atomic mass is 35.5. The zero-order chi connectivity index (χ0) is 14.7. The van der Waals surface area contributed by atoms with Crippen LogP contribution in [0.1, 0.15) is 24.5 Å². The van der Waals surface area contributed by atoms with Gasteiger partial charge in [-0.25, -0.2) is 0 Å². The lowest BCUT2D eigenvalue weighted by molar-refractivity contribution is 0.336. The number of nitrogens with two attached hydrogens (primary N) is 1. The van der Waals surface area contributed by atoms with Crippen LogP contribution in [-0.4, -0.2) is 13.2 Å². The normalized spacial score (nSPS) is 13.2. The van der Waals surface area contributed by atoms with Crippen LogP contribution in [0.5, 0.6) is 5.75 Å². The number of rotatable bonds is 4. The summed E-state index contributed by atoms with van der Waals surface area (Å²) in [5.74, 6) is 0.982. The monoisotopic (exact) mass is 318 g/mol. The SMILES string of the molecule is CCOc1ccccc1CN1CCCc2c(N)cccc21.Cl. The van der Waals surface area contributed by atoms with Gasteiger partial charge in [-0.3, -0.25) is 0 Å². The topological polar surface area (TPSA) is 38.5 Å². The van der Waals surface area contributed by atoms with E-state index in [0.717, 1.165) is 37.4 Å². The molecular weight excluding hydrogens is 296 g/mol. The van der Waals surface area contributed by atoms with Gasteiger partial charge in [0.05, 0.1) is 6.61 Å². The molecule has 2 N–H and O–H groups in total. The summed E-state index contributed by atoms with van der Waals surface area (Å²) < 4.78 is 5.74. The summed E-state index contributed by atoms with van der Waals surface area (Å²) in [6, 6.07) is 14.5. The smallest absolute Gasteiger partial charge is 0.124 e. The number of hydrogen-bond donors (Lipinski definition) is 1. The van der Waals surface area contributed by atoms with Crippen molar-refractivity contribution in [2.75, 3.05) is 23.8 Å². The van der Waals surface area contributed by atoms with Gasteiger partial charge in [-0.15, -0.1) is 12.4 Å². The zero-order valence-electron chi connectivity index (χ0n) is 12.9. The van der Waals surface area contributed by atoms with Crippen LogP contribution in [0.25, 0.3) is 0 Å². The lowest BCUT2D eigenvalue weighted by atomic mass is 9.99. The van der Waals surface area contributed by atoms with Gasteiger partial charge in [0.2, 0.25) is 0 Å². The third-order valence-corrected chi connectivity index (χ3v) is 4.02. The van der Waals surface area contributed by atoms with Gasteiger partial charge >= 0.3 is 0 Å². The fraction of sp³-hybridized carbons (Fsp3) is 0.333. The second-order valence-corrected chi connectivity index (χ2v) is 5.41. The van der Waals surface area contributed by atoms with Crippen molar-refractivity contribution in [3.05, 3.63) is 53.6 Å². The van der Waals surface area contributed by atoms with Gasteiger partial charge in [-0.05, 0) is 43.5 Å². The fourth-order valence-corrected chi connectivity index (χ4v) is 3.03. The van der Waals surface area contributed by atoms with Crippen LogP contribution in [0.3, 0.4) is 0 Å². The molecule has 0 unspecified atom stereocenters. The van der Waals surface area contributed by atoms with Gasteiger partial charge in [-0.1, -0.05) is 24.3 Å². The molecule has 0 spiro atoms. The van der Waals surface area contributed by atoms with Gasteiger partial charge in [0.25, 0.3) is 0 Å². The van der Waals surface area contributed by atoms with Crippen LogP contribution in [0.2, 0.25) is 0 Å². The molecule has 118 valence electrons. The standard InChI is InChI=1S/C18H22N2O.ClH/c1-2-21-18-11-4-3-7-14(18)13-20-12-6-8-15-16(19)9-5-10-17(15)20;/h3-5,7,9-11H,2,6,8,12-13,19H2,1H3;1H. The Kier molecular flexibility index (Phi) is 5.56. The molecule has 0 aromatic heterocycles. The van der Waals surface area contributed by atoms with Crippen LogP contribution >= 0.6 is 12.4 Å². The average molecular weight is 319 g/mol. The molecule has 4 heteroatoms. The molecule has 0 saturated carbocycles. The summed E-state index contributed by atoms with van der Waals surface area (Å²) in [6.45, 7) is 4.65. The van der Waals surface area contributed by atoms with Crippen molar-refractivity contribution in [2.24, 2.45) is 0 Å². The molecular formula is C18H23ClN2O. The van der Waals surface area contributed by atoms with E-state index in [9.17, 15) is 0 Å². The molecule has 22 heavy (non-hydrogen) atoms. The Morgan fingerprint density at radius 2 is 1.95 bits per heavy atom. The Morgan fingerprint density at radius 3 is 2.77 bits per heavy atom. The maximum atomic E-state index is 6.12. The van der Waals surface area contributed by atoms with Crippen LogP contribution in [0.15, 0.2) is 42.5 Å². The van der Waals surface area contributed by atoms with Gasteiger partial charge in [-0.2, -0.15) is 0 Å². The lowest BCUT2D eigenvalue weighted by Crippen LogP contribution is -2.29. The predicted molar refractivity (Wildman–Crippen MR) is 95.1 cm³/mol. The molecule has 1 heterocycles. The van der Waals surface area contributed by atoms with E-state index < -0.39 is 0 Å². The number of anilines is 2. The molecule has 0 radical (unpaired) electrons. The van der Waals surface area contributed by atoms with E-state index in [2.05, 4.69) is 23.1 Å². The molecule has 0 aliphatic carbocycles. The Hall–Kier alpha value is -1.87. The van der Waals surface area contributed by atoms with E-state index in [1.54, 1.807) is 0 Å². The highest BCUT2D eigenvalue weighted by Crippen LogP contribution is 2.33. The van der Waals surface area contributed by atoms with E-state index in [1.807, 2.05) is 31.2 Å². The molecule has 2 aromatic carbocycles. The number of fused-ring (bicyclic) bond motifs is 1. The number of ether oxygens (including phenoxy) is 1. The minimum Gasteiger partial charge on any atom is -0.494 e. The third-order valence-electron chi connectivity index (χ3n) is 4.02. The first-order valence-corrected chi connectivity index (χ1v) is 7.62. The number of para-hydroxylation sites is 1. The molecule has 0 atom stereocenters. The van der Waals surface area contributed by atoms with Crippen LogP contribution in [-0.2, 0) is 13.0 Å². The average Bonchev–Trinajstić information content (AvgIpc) is 2.51. The number of hydrogen-bond acceptors (Lipinski definition) is 3. The number of nitrogens with zero attached hydrogens (tertiary/aromatic N) is 1. The summed E-state index contributed by atoms with van der Waals surface area (Å²) >= 11 is 0. The van der Waals surface area contributed by atoms with E-state index in [0.29, 0.717) is 6.61 Å². The Morgan fingerprint density at radius 1 is 1.14 bits per heavy atom. The van der Waals surface area contributed by atoms with E-state index in [1.165, 1.54) is 16.8 Å². The second-order valence-electron chi connectivity index (χ2n) is 5.41. The minimum absolute atomic E-state index is 0. The van der Waals surface area contributed by atoms with Crippen molar-refractivity contribution in [3.8, 4) is 5.75 Å². The molecule has 3 nitrogen and oxygen atoms in total. The molecule has 0 bridgehead atoms. The molecule has 3 rings (SSSR count). The van der Waals surface area contributed by atoms with Gasteiger partial charge < -0.3 is 15.4 Å². The summed E-state index contributed by atoms with van der Waals surface area (Å²) in [5, 5.41) is 0. The molecule has 2 aromatic rings. The Labute approximate surface area is 138 Å². The highest BCUT2D eigenvalue weighted by molar-refractivity contribution is 5.85. The lowest BCUT2D eigenvalue weighted by Gasteiger charge is -2.32. The summed E-state index contributed by atoms with van der Waals surface area (Å²) in [6.07, 6.45) is 2.23. The zero-order valence-corrected chi connectivity index (χ0v) is 13.7. The van der Waals surface area contributed by atoms with Crippen molar-refractivity contribution < 1.29 is 4.74 Å². The summed E-state index contributed by atoms with van der Waals surface area (Å²) in [5.41, 5.74) is 10.8. The van der Waals surface area contributed by atoms with Crippen molar-refractivity contribution in [3.63, 3.8) is 0 Å². The number of halogens is 1. The van der Waals surface area contributed by atoms with Crippen molar-refractivity contribution in [1.29, 1.82) is 0 Å². The van der Waals surface area contributed by atoms with E-state index in [-0.39, 0.29) is 12.4 Å². The molecule has 0 saturated heterocycles. The van der Waals surface area contributed by atoms with Crippen LogP contribution in [0.4, 0.5) is 11.4 Å². The molecule has 0 amide bonds. The van der Waals surface area contributed by atoms with Crippen molar-refractivity contribution in [2.45, 2.75) is 26.3 Å². The highest BCUT2D eigenvalue weighted by Gasteiger charge is 2.19. The largest absolute Gasteiger partial charge is 0.494 e. The van der Waals surface area contributed by atoms with Crippen LogP contribution < -0.4 is 15.4 Å². The first kappa shape index (κ1) is 16.5. The first-order valence-electron chi connectivity index (χ1n) is 7.62. The minimum atomic E-state index is 0. The fourth-order valence-electron chi connectivity index (χ4n) is 3.03. The number of benzene rings is 2. The maximum Gasteiger partial charge on any atom is 0.124 e. The third kappa shape index (κ3) is 3.30. The Balaban J connectivity index is 0.00000176. The van der Waals surface area contributed by atoms with Crippen molar-refractivity contribution in [1.82, 2.24) is 0 Å². The molecule has 1 aliphatic rings. The molecule has 0 fully saturated rings. The predicted octanol–water partition coefficient (Wildman–Crippen LogP) is 4.04. The van der Waals surface area contributed by atoms with Crippen molar-refractivity contribution >= 4 is 23.8 Å². The van der Waals surface area contributed by atoms with Crippen LogP contribution in [0, 0.1) is 0 Å². The Bertz CT molecular complexity index is 630. The van der Waals surface area contributed by atoms with Gasteiger partial charge in [0, 0.05) is 30.0 Å².